The van der Waals surface area contributed by atoms with Gasteiger partial charge >= 0.3 is 5.97 Å². The highest BCUT2D eigenvalue weighted by molar-refractivity contribution is 7.09. The molecular weight excluding hydrogens is 322 g/mol. The lowest BCUT2D eigenvalue weighted by Crippen LogP contribution is -2.21. The zero-order valence-corrected chi connectivity index (χ0v) is 13.5. The first-order chi connectivity index (χ1) is 10.6. The van der Waals surface area contributed by atoms with Gasteiger partial charge in [0.05, 0.1) is 10.7 Å². The third-order valence-corrected chi connectivity index (χ3v) is 4.16. The van der Waals surface area contributed by atoms with Crippen LogP contribution in [0, 0.1) is 0 Å². The Hall–Kier alpha value is -1.85. The average molecular weight is 338 g/mol. The van der Waals surface area contributed by atoms with E-state index in [2.05, 4.69) is 5.32 Å². The molecule has 0 saturated carbocycles. The predicted octanol–water partition coefficient (Wildman–Crippen LogP) is 3.91. The summed E-state index contributed by atoms with van der Waals surface area (Å²) in [4.78, 5) is 24.5. The number of hydrogen-bond acceptors (Lipinski definition) is 4. The molecule has 4 nitrogen and oxygen atoms in total. The summed E-state index contributed by atoms with van der Waals surface area (Å²) in [7, 11) is 0. The van der Waals surface area contributed by atoms with Gasteiger partial charge in [0.15, 0.2) is 6.61 Å². The number of para-hydroxylation sites is 1. The van der Waals surface area contributed by atoms with Gasteiger partial charge < -0.3 is 10.1 Å². The molecular formula is C16H16ClNO3S. The van der Waals surface area contributed by atoms with Crippen LogP contribution in [0.25, 0.3) is 0 Å². The van der Waals surface area contributed by atoms with Crippen LogP contribution in [0.1, 0.15) is 17.7 Å². The molecule has 0 radical (unpaired) electrons. The third kappa shape index (κ3) is 5.50. The molecule has 0 aliphatic heterocycles. The summed E-state index contributed by atoms with van der Waals surface area (Å²) < 4.78 is 4.94. The summed E-state index contributed by atoms with van der Waals surface area (Å²) in [5.41, 5.74) is 0.503. The second-order valence-electron chi connectivity index (χ2n) is 4.62. The number of carbonyl (C=O) groups excluding carboxylic acids is 2. The van der Waals surface area contributed by atoms with E-state index in [1.54, 1.807) is 35.6 Å². The fourth-order valence-electron chi connectivity index (χ4n) is 1.83. The number of carbonyl (C=O) groups is 2. The molecule has 1 N–H and O–H groups in total. The molecule has 2 aromatic rings. The molecule has 0 saturated heterocycles. The van der Waals surface area contributed by atoms with Crippen LogP contribution in [0.5, 0.6) is 0 Å². The molecule has 0 fully saturated rings. The highest BCUT2D eigenvalue weighted by Gasteiger charge is 2.09. The lowest BCUT2D eigenvalue weighted by molar-refractivity contribution is -0.147. The highest BCUT2D eigenvalue weighted by atomic mass is 35.5. The molecule has 1 aromatic heterocycles. The van der Waals surface area contributed by atoms with Crippen molar-refractivity contribution in [1.29, 1.82) is 0 Å². The van der Waals surface area contributed by atoms with Crippen molar-refractivity contribution in [3.05, 3.63) is 51.7 Å². The fourth-order valence-corrected chi connectivity index (χ4v) is 2.76. The SMILES string of the molecule is O=C(COC(=O)CCCc1cccs1)Nc1ccccc1Cl. The summed E-state index contributed by atoms with van der Waals surface area (Å²) >= 11 is 7.59. The number of hydrogen-bond donors (Lipinski definition) is 1. The van der Waals surface area contributed by atoms with Crippen molar-refractivity contribution < 1.29 is 14.3 Å². The number of amides is 1. The minimum Gasteiger partial charge on any atom is -0.456 e. The molecule has 0 spiro atoms. The summed E-state index contributed by atoms with van der Waals surface area (Å²) in [6.45, 7) is -0.303. The minimum atomic E-state index is -0.403. The first-order valence-electron chi connectivity index (χ1n) is 6.87. The Bertz CT molecular complexity index is 628. The minimum absolute atomic E-state index is 0.303. The topological polar surface area (TPSA) is 55.4 Å². The van der Waals surface area contributed by atoms with Crippen LogP contribution in [-0.2, 0) is 20.7 Å². The third-order valence-electron chi connectivity index (χ3n) is 2.90. The molecule has 0 bridgehead atoms. The zero-order valence-electron chi connectivity index (χ0n) is 11.9. The Morgan fingerprint density at radius 1 is 1.18 bits per heavy atom. The van der Waals surface area contributed by atoms with Crippen molar-refractivity contribution in [3.8, 4) is 0 Å². The van der Waals surface area contributed by atoms with Crippen LogP contribution in [0.3, 0.4) is 0 Å². The molecule has 22 heavy (non-hydrogen) atoms. The number of halogens is 1. The number of esters is 1. The number of nitrogens with one attached hydrogen (secondary N) is 1. The van der Waals surface area contributed by atoms with Crippen molar-refractivity contribution in [2.75, 3.05) is 11.9 Å². The molecule has 116 valence electrons. The first kappa shape index (κ1) is 16.5. The van der Waals surface area contributed by atoms with E-state index in [-0.39, 0.29) is 12.6 Å². The van der Waals surface area contributed by atoms with Crippen LogP contribution in [0.15, 0.2) is 41.8 Å². The van der Waals surface area contributed by atoms with E-state index in [9.17, 15) is 9.59 Å². The fraction of sp³-hybridized carbons (Fsp3) is 0.250. The first-order valence-corrected chi connectivity index (χ1v) is 8.13. The molecule has 6 heteroatoms. The van der Waals surface area contributed by atoms with Crippen molar-refractivity contribution in [2.45, 2.75) is 19.3 Å². The van der Waals surface area contributed by atoms with Crippen LogP contribution in [0.2, 0.25) is 5.02 Å². The molecule has 0 aliphatic rings. The van der Waals surface area contributed by atoms with Gasteiger partial charge in [-0.05, 0) is 36.4 Å². The van der Waals surface area contributed by atoms with E-state index < -0.39 is 5.91 Å². The maximum atomic E-state index is 11.7. The Labute approximate surface area is 138 Å². The number of benzene rings is 1. The van der Waals surface area contributed by atoms with Crippen LogP contribution < -0.4 is 5.32 Å². The quantitative estimate of drug-likeness (QED) is 0.779. The normalized spacial score (nSPS) is 10.2. The molecule has 1 aromatic carbocycles. The van der Waals surface area contributed by atoms with Crippen LogP contribution in [0.4, 0.5) is 5.69 Å². The second-order valence-corrected chi connectivity index (χ2v) is 6.06. The Morgan fingerprint density at radius 2 is 2.00 bits per heavy atom. The Balaban J connectivity index is 1.65. The molecule has 0 atom stereocenters. The summed E-state index contributed by atoms with van der Waals surface area (Å²) in [5, 5.41) is 5.05. The Morgan fingerprint density at radius 3 is 2.73 bits per heavy atom. The molecule has 1 amide bonds. The number of thiophene rings is 1. The van der Waals surface area contributed by atoms with Crippen LogP contribution in [-0.4, -0.2) is 18.5 Å². The zero-order chi connectivity index (χ0) is 15.8. The van der Waals surface area contributed by atoms with Gasteiger partial charge in [0.1, 0.15) is 0 Å². The van der Waals surface area contributed by atoms with E-state index >= 15 is 0 Å². The number of anilines is 1. The molecule has 1 heterocycles. The van der Waals surface area contributed by atoms with Crippen molar-refractivity contribution >= 4 is 40.5 Å². The second kappa shape index (κ2) is 8.56. The van der Waals surface area contributed by atoms with Gasteiger partial charge in [-0.3, -0.25) is 9.59 Å². The van der Waals surface area contributed by atoms with Crippen molar-refractivity contribution in [3.63, 3.8) is 0 Å². The van der Waals surface area contributed by atoms with Gasteiger partial charge in [-0.2, -0.15) is 0 Å². The average Bonchev–Trinajstić information content (AvgIpc) is 3.01. The summed E-state index contributed by atoms with van der Waals surface area (Å²) in [5.74, 6) is -0.773. The largest absolute Gasteiger partial charge is 0.456 e. The lowest BCUT2D eigenvalue weighted by atomic mass is 10.2. The van der Waals surface area contributed by atoms with Crippen molar-refractivity contribution in [1.82, 2.24) is 0 Å². The maximum absolute atomic E-state index is 11.7. The monoisotopic (exact) mass is 337 g/mol. The molecule has 0 unspecified atom stereocenters. The van der Waals surface area contributed by atoms with Gasteiger partial charge in [0.2, 0.25) is 0 Å². The number of rotatable bonds is 7. The smallest absolute Gasteiger partial charge is 0.306 e. The Kier molecular flexibility index (Phi) is 6.43. The molecule has 2 rings (SSSR count). The van der Waals surface area contributed by atoms with E-state index in [0.717, 1.165) is 6.42 Å². The number of aryl methyl sites for hydroxylation is 1. The predicted molar refractivity (Wildman–Crippen MR) is 88.3 cm³/mol. The lowest BCUT2D eigenvalue weighted by Gasteiger charge is -2.07. The van der Waals surface area contributed by atoms with E-state index in [4.69, 9.17) is 16.3 Å². The van der Waals surface area contributed by atoms with E-state index in [1.807, 2.05) is 17.5 Å². The summed E-state index contributed by atoms with van der Waals surface area (Å²) in [6.07, 6.45) is 1.86. The standard InChI is InChI=1S/C16H16ClNO3S/c17-13-7-1-2-8-14(13)18-15(19)11-21-16(20)9-3-5-12-6-4-10-22-12/h1-2,4,6-8,10H,3,5,9,11H2,(H,18,19). The number of ether oxygens (including phenoxy) is 1. The van der Waals surface area contributed by atoms with Gasteiger partial charge in [0, 0.05) is 11.3 Å². The highest BCUT2D eigenvalue weighted by Crippen LogP contribution is 2.20. The van der Waals surface area contributed by atoms with Gasteiger partial charge in [0.25, 0.3) is 5.91 Å². The van der Waals surface area contributed by atoms with Gasteiger partial charge in [-0.15, -0.1) is 11.3 Å². The van der Waals surface area contributed by atoms with Crippen molar-refractivity contribution in [2.24, 2.45) is 0 Å². The van der Waals surface area contributed by atoms with E-state index in [1.165, 1.54) is 4.88 Å². The van der Waals surface area contributed by atoms with Crippen LogP contribution >= 0.6 is 22.9 Å². The van der Waals surface area contributed by atoms with E-state index in [0.29, 0.717) is 23.6 Å². The van der Waals surface area contributed by atoms with Gasteiger partial charge in [-0.1, -0.05) is 29.8 Å². The molecule has 0 aliphatic carbocycles. The summed E-state index contributed by atoms with van der Waals surface area (Å²) in [6, 6.07) is 10.9. The van der Waals surface area contributed by atoms with Gasteiger partial charge in [-0.25, -0.2) is 0 Å². The maximum Gasteiger partial charge on any atom is 0.306 e.